The molecule has 24 heavy (non-hydrogen) atoms. The van der Waals surface area contributed by atoms with Crippen LogP contribution in [0.3, 0.4) is 0 Å². The predicted octanol–water partition coefficient (Wildman–Crippen LogP) is 2.73. The maximum Gasteiger partial charge on any atom is 0.265 e. The van der Waals surface area contributed by atoms with Crippen molar-refractivity contribution in [1.82, 2.24) is 4.90 Å². The van der Waals surface area contributed by atoms with Gasteiger partial charge in [0.05, 0.1) is 11.7 Å². The van der Waals surface area contributed by atoms with Crippen LogP contribution in [0.5, 0.6) is 5.75 Å². The lowest BCUT2D eigenvalue weighted by Crippen LogP contribution is -2.47. The average Bonchev–Trinajstić information content (AvgIpc) is 3.09. The Morgan fingerprint density at radius 1 is 1.04 bits per heavy atom. The van der Waals surface area contributed by atoms with Crippen LogP contribution in [-0.2, 0) is 11.2 Å². The summed E-state index contributed by atoms with van der Waals surface area (Å²) in [6.45, 7) is 3.18. The van der Waals surface area contributed by atoms with Crippen LogP contribution >= 0.6 is 0 Å². The first-order valence-electron chi connectivity index (χ1n) is 8.61. The zero-order valence-corrected chi connectivity index (χ0v) is 13.7. The highest BCUT2D eigenvalue weighted by atomic mass is 16.5. The zero-order chi connectivity index (χ0) is 16.4. The summed E-state index contributed by atoms with van der Waals surface area (Å²) in [5, 5.41) is 0. The fourth-order valence-electron chi connectivity index (χ4n) is 3.68. The van der Waals surface area contributed by atoms with E-state index in [-0.39, 0.29) is 18.6 Å². The molecule has 1 fully saturated rings. The van der Waals surface area contributed by atoms with E-state index in [4.69, 9.17) is 4.74 Å². The van der Waals surface area contributed by atoms with Gasteiger partial charge in [-0.1, -0.05) is 42.5 Å². The molecule has 0 bridgehead atoms. The van der Waals surface area contributed by atoms with Crippen molar-refractivity contribution in [3.8, 4) is 5.75 Å². The second-order valence-electron chi connectivity index (χ2n) is 6.50. The molecule has 1 unspecified atom stereocenters. The molecule has 2 heterocycles. The number of hydrogen-bond donors (Lipinski definition) is 0. The molecule has 1 atom stereocenters. The largest absolute Gasteiger partial charge is 0.482 e. The van der Waals surface area contributed by atoms with E-state index in [1.54, 1.807) is 0 Å². The number of ether oxygens (including phenoxy) is 1. The van der Waals surface area contributed by atoms with E-state index in [0.717, 1.165) is 43.9 Å². The molecule has 0 saturated carbocycles. The Balaban J connectivity index is 1.42. The van der Waals surface area contributed by atoms with Crippen molar-refractivity contribution in [1.29, 1.82) is 0 Å². The van der Waals surface area contributed by atoms with E-state index in [1.807, 2.05) is 29.2 Å². The van der Waals surface area contributed by atoms with Gasteiger partial charge in [0.1, 0.15) is 5.75 Å². The van der Waals surface area contributed by atoms with Gasteiger partial charge in [-0.25, -0.2) is 0 Å². The molecule has 0 spiro atoms. The number of fused-ring (bicyclic) bond motifs is 1. The number of amides is 1. The third-order valence-corrected chi connectivity index (χ3v) is 4.92. The van der Waals surface area contributed by atoms with Crippen molar-refractivity contribution < 1.29 is 9.53 Å². The van der Waals surface area contributed by atoms with Crippen molar-refractivity contribution in [2.24, 2.45) is 0 Å². The van der Waals surface area contributed by atoms with Gasteiger partial charge in [-0.15, -0.1) is 0 Å². The molecular formula is C20H22N2O2. The topological polar surface area (TPSA) is 32.8 Å². The molecule has 4 heteroatoms. The number of carbonyl (C=O) groups is 1. The minimum absolute atomic E-state index is 0.0728. The number of anilines is 1. The predicted molar refractivity (Wildman–Crippen MR) is 94.4 cm³/mol. The van der Waals surface area contributed by atoms with Crippen molar-refractivity contribution in [2.45, 2.75) is 18.9 Å². The van der Waals surface area contributed by atoms with Crippen molar-refractivity contribution in [3.63, 3.8) is 0 Å². The van der Waals surface area contributed by atoms with Gasteiger partial charge in [0.15, 0.2) is 6.61 Å². The van der Waals surface area contributed by atoms with Gasteiger partial charge >= 0.3 is 0 Å². The highest BCUT2D eigenvalue weighted by Gasteiger charge is 2.35. The number of nitrogens with zero attached hydrogens (tertiary/aromatic N) is 2. The second kappa shape index (κ2) is 6.65. The number of hydrogen-bond acceptors (Lipinski definition) is 3. The van der Waals surface area contributed by atoms with Crippen LogP contribution in [0.4, 0.5) is 5.69 Å². The van der Waals surface area contributed by atoms with Crippen LogP contribution in [0, 0.1) is 0 Å². The van der Waals surface area contributed by atoms with E-state index in [1.165, 1.54) is 5.56 Å². The third-order valence-electron chi connectivity index (χ3n) is 4.92. The molecule has 2 aliphatic rings. The molecule has 1 amide bonds. The SMILES string of the molecule is O=C1COc2ccccc2N1C1CCN(CCc2ccccc2)C1. The molecule has 4 rings (SSSR count). The van der Waals surface area contributed by atoms with Crippen LogP contribution in [-0.4, -0.2) is 43.1 Å². The Hall–Kier alpha value is -2.33. The van der Waals surface area contributed by atoms with Gasteiger partial charge in [0, 0.05) is 19.6 Å². The smallest absolute Gasteiger partial charge is 0.265 e. The van der Waals surface area contributed by atoms with Gasteiger partial charge in [0.25, 0.3) is 5.91 Å². The highest BCUT2D eigenvalue weighted by Crippen LogP contribution is 2.34. The second-order valence-corrected chi connectivity index (χ2v) is 6.50. The molecule has 0 radical (unpaired) electrons. The highest BCUT2D eigenvalue weighted by molar-refractivity contribution is 5.98. The van der Waals surface area contributed by atoms with Gasteiger partial charge in [-0.05, 0) is 30.5 Å². The van der Waals surface area contributed by atoms with E-state index in [0.29, 0.717) is 0 Å². The Kier molecular flexibility index (Phi) is 4.22. The summed E-state index contributed by atoms with van der Waals surface area (Å²) in [5.74, 6) is 0.892. The first-order chi connectivity index (χ1) is 11.8. The van der Waals surface area contributed by atoms with Crippen molar-refractivity contribution >= 4 is 11.6 Å². The first kappa shape index (κ1) is 15.2. The first-order valence-corrected chi connectivity index (χ1v) is 8.61. The number of para-hydroxylation sites is 2. The fourth-order valence-corrected chi connectivity index (χ4v) is 3.68. The van der Waals surface area contributed by atoms with Gasteiger partial charge in [-0.2, -0.15) is 0 Å². The molecule has 124 valence electrons. The molecule has 4 nitrogen and oxygen atoms in total. The van der Waals surface area contributed by atoms with E-state index < -0.39 is 0 Å². The summed E-state index contributed by atoms with van der Waals surface area (Å²) in [7, 11) is 0. The maximum absolute atomic E-state index is 12.4. The summed E-state index contributed by atoms with van der Waals surface area (Å²) in [5.41, 5.74) is 2.29. The normalized spacial score (nSPS) is 20.8. The molecule has 0 aliphatic carbocycles. The Morgan fingerprint density at radius 2 is 1.83 bits per heavy atom. The van der Waals surface area contributed by atoms with Crippen LogP contribution in [0.15, 0.2) is 54.6 Å². The lowest BCUT2D eigenvalue weighted by molar-refractivity contribution is -0.121. The van der Waals surface area contributed by atoms with Gasteiger partial charge in [-0.3, -0.25) is 4.79 Å². The van der Waals surface area contributed by atoms with Crippen LogP contribution in [0.2, 0.25) is 0 Å². The summed E-state index contributed by atoms with van der Waals surface area (Å²) in [4.78, 5) is 16.8. The van der Waals surface area contributed by atoms with Crippen molar-refractivity contribution in [3.05, 3.63) is 60.2 Å². The average molecular weight is 322 g/mol. The third kappa shape index (κ3) is 3.02. The molecule has 0 aromatic heterocycles. The van der Waals surface area contributed by atoms with Gasteiger partial charge < -0.3 is 14.5 Å². The lowest BCUT2D eigenvalue weighted by atomic mass is 10.1. The zero-order valence-electron chi connectivity index (χ0n) is 13.7. The molecular weight excluding hydrogens is 300 g/mol. The van der Waals surface area contributed by atoms with Crippen LogP contribution in [0.25, 0.3) is 0 Å². The number of benzene rings is 2. The standard InChI is InChI=1S/C20H22N2O2/c23-20-15-24-19-9-5-4-8-18(19)22(20)17-11-13-21(14-17)12-10-16-6-2-1-3-7-16/h1-9,17H,10-15H2. The lowest BCUT2D eigenvalue weighted by Gasteiger charge is -2.34. The molecule has 2 aromatic carbocycles. The summed E-state index contributed by atoms with van der Waals surface area (Å²) >= 11 is 0. The summed E-state index contributed by atoms with van der Waals surface area (Å²) in [6.07, 6.45) is 2.08. The van der Waals surface area contributed by atoms with E-state index >= 15 is 0 Å². The summed E-state index contributed by atoms with van der Waals surface area (Å²) < 4.78 is 5.55. The fraction of sp³-hybridized carbons (Fsp3) is 0.350. The Morgan fingerprint density at radius 3 is 2.71 bits per heavy atom. The molecule has 0 N–H and O–H groups in total. The monoisotopic (exact) mass is 322 g/mol. The van der Waals surface area contributed by atoms with E-state index in [2.05, 4.69) is 35.2 Å². The van der Waals surface area contributed by atoms with Crippen LogP contribution < -0.4 is 9.64 Å². The molecule has 2 aromatic rings. The quantitative estimate of drug-likeness (QED) is 0.868. The summed E-state index contributed by atoms with van der Waals surface area (Å²) in [6, 6.07) is 18.7. The maximum atomic E-state index is 12.4. The molecule has 2 aliphatic heterocycles. The molecule has 1 saturated heterocycles. The van der Waals surface area contributed by atoms with Crippen molar-refractivity contribution in [2.75, 3.05) is 31.1 Å². The number of carbonyl (C=O) groups excluding carboxylic acids is 1. The minimum Gasteiger partial charge on any atom is -0.482 e. The Labute approximate surface area is 142 Å². The van der Waals surface area contributed by atoms with E-state index in [9.17, 15) is 4.79 Å². The number of likely N-dealkylation sites (tertiary alicyclic amines) is 1. The number of rotatable bonds is 4. The minimum atomic E-state index is 0.0728. The Bertz CT molecular complexity index is 717. The van der Waals surface area contributed by atoms with Crippen LogP contribution in [0.1, 0.15) is 12.0 Å². The van der Waals surface area contributed by atoms with Gasteiger partial charge in [0.2, 0.25) is 0 Å².